The number of rotatable bonds is 11. The molecule has 0 unspecified atom stereocenters. The van der Waals surface area contributed by atoms with Crippen molar-refractivity contribution >= 4 is 21.6 Å². The van der Waals surface area contributed by atoms with Crippen molar-refractivity contribution in [2.45, 2.75) is 17.9 Å². The van der Waals surface area contributed by atoms with E-state index in [4.69, 9.17) is 18.9 Å². The van der Waals surface area contributed by atoms with Crippen LogP contribution in [0.5, 0.6) is 23.0 Å². The Kier molecular flexibility index (Phi) is 8.43. The molecule has 3 aromatic rings. The van der Waals surface area contributed by atoms with Gasteiger partial charge in [0.05, 0.1) is 38.0 Å². The predicted octanol–water partition coefficient (Wildman–Crippen LogP) is 3.77. The Morgan fingerprint density at radius 3 is 2.23 bits per heavy atom. The van der Waals surface area contributed by atoms with E-state index in [9.17, 15) is 13.2 Å². The van der Waals surface area contributed by atoms with Crippen LogP contribution < -0.4 is 29.0 Å². The van der Waals surface area contributed by atoms with Gasteiger partial charge in [0.2, 0.25) is 0 Å². The lowest BCUT2D eigenvalue weighted by molar-refractivity contribution is -0.123. The van der Waals surface area contributed by atoms with Crippen LogP contribution in [0.25, 0.3) is 0 Å². The van der Waals surface area contributed by atoms with Crippen LogP contribution in [-0.2, 0) is 14.8 Å². The number of sulfonamides is 1. The van der Waals surface area contributed by atoms with Gasteiger partial charge >= 0.3 is 0 Å². The average Bonchev–Trinajstić information content (AvgIpc) is 2.87. The van der Waals surface area contributed by atoms with E-state index in [1.807, 2.05) is 13.0 Å². The SMILES string of the molecule is COc1cccc(NS(=O)(=O)c2ccc(OCC(=O)N[C@@H](C)c3ccc(OC)c(OC)c3)cc2)c1. The third-order valence-corrected chi connectivity index (χ3v) is 6.51. The molecule has 0 fully saturated rings. The van der Waals surface area contributed by atoms with Crippen LogP contribution in [0.1, 0.15) is 18.5 Å². The molecule has 0 spiro atoms. The minimum Gasteiger partial charge on any atom is -0.497 e. The molecule has 2 N–H and O–H groups in total. The molecule has 35 heavy (non-hydrogen) atoms. The molecule has 0 aliphatic carbocycles. The highest BCUT2D eigenvalue weighted by Gasteiger charge is 2.16. The quantitative estimate of drug-likeness (QED) is 0.412. The van der Waals surface area contributed by atoms with Gasteiger partial charge in [-0.3, -0.25) is 9.52 Å². The second-order valence-electron chi connectivity index (χ2n) is 7.50. The molecule has 0 aliphatic rings. The summed E-state index contributed by atoms with van der Waals surface area (Å²) in [5.74, 6) is 1.73. The van der Waals surface area contributed by atoms with Crippen molar-refractivity contribution in [3.63, 3.8) is 0 Å². The summed E-state index contributed by atoms with van der Waals surface area (Å²) in [6, 6.07) is 17.5. The molecule has 0 saturated heterocycles. The van der Waals surface area contributed by atoms with Gasteiger partial charge in [0.1, 0.15) is 11.5 Å². The molecular weight excluding hydrogens is 472 g/mol. The Morgan fingerprint density at radius 1 is 0.857 bits per heavy atom. The Labute approximate surface area is 205 Å². The van der Waals surface area contributed by atoms with Crippen LogP contribution in [-0.4, -0.2) is 42.3 Å². The largest absolute Gasteiger partial charge is 0.497 e. The van der Waals surface area contributed by atoms with Gasteiger partial charge in [-0.1, -0.05) is 12.1 Å². The minimum absolute atomic E-state index is 0.0548. The summed E-state index contributed by atoms with van der Waals surface area (Å²) in [7, 11) is 0.801. The van der Waals surface area contributed by atoms with Crippen LogP contribution in [0, 0.1) is 0 Å². The highest BCUT2D eigenvalue weighted by atomic mass is 32.2. The fourth-order valence-corrected chi connectivity index (χ4v) is 4.30. The Hall–Kier alpha value is -3.92. The van der Waals surface area contributed by atoms with E-state index < -0.39 is 10.0 Å². The maximum atomic E-state index is 12.6. The zero-order chi connectivity index (χ0) is 25.4. The molecule has 0 radical (unpaired) electrons. The van der Waals surface area contributed by atoms with Crippen molar-refractivity contribution in [3.05, 3.63) is 72.3 Å². The molecule has 3 rings (SSSR count). The highest BCUT2D eigenvalue weighted by molar-refractivity contribution is 7.92. The molecular formula is C25H28N2O7S. The highest BCUT2D eigenvalue weighted by Crippen LogP contribution is 2.30. The van der Waals surface area contributed by atoms with E-state index in [0.29, 0.717) is 28.7 Å². The second-order valence-corrected chi connectivity index (χ2v) is 9.18. The first-order valence-electron chi connectivity index (χ1n) is 10.7. The molecule has 0 aromatic heterocycles. The fourth-order valence-electron chi connectivity index (χ4n) is 3.25. The molecule has 10 heteroatoms. The lowest BCUT2D eigenvalue weighted by Gasteiger charge is -2.17. The molecule has 0 saturated carbocycles. The van der Waals surface area contributed by atoms with Crippen molar-refractivity contribution in [2.24, 2.45) is 0 Å². The van der Waals surface area contributed by atoms with Crippen LogP contribution in [0.15, 0.2) is 71.6 Å². The number of nitrogens with one attached hydrogen (secondary N) is 2. The molecule has 186 valence electrons. The molecule has 3 aromatic carbocycles. The maximum absolute atomic E-state index is 12.6. The van der Waals surface area contributed by atoms with Gasteiger partial charge in [-0.05, 0) is 61.0 Å². The van der Waals surface area contributed by atoms with E-state index >= 15 is 0 Å². The normalized spacial score (nSPS) is 11.8. The summed E-state index contributed by atoms with van der Waals surface area (Å²) < 4.78 is 48.9. The smallest absolute Gasteiger partial charge is 0.261 e. The van der Waals surface area contributed by atoms with Crippen molar-refractivity contribution in [2.75, 3.05) is 32.7 Å². The van der Waals surface area contributed by atoms with Crippen LogP contribution >= 0.6 is 0 Å². The maximum Gasteiger partial charge on any atom is 0.261 e. The Morgan fingerprint density at radius 2 is 1.57 bits per heavy atom. The number of benzene rings is 3. The van der Waals surface area contributed by atoms with E-state index in [1.165, 1.54) is 31.4 Å². The summed E-state index contributed by atoms with van der Waals surface area (Å²) >= 11 is 0. The van der Waals surface area contributed by atoms with E-state index in [2.05, 4.69) is 10.0 Å². The van der Waals surface area contributed by atoms with Crippen molar-refractivity contribution in [1.82, 2.24) is 5.32 Å². The molecule has 9 nitrogen and oxygen atoms in total. The van der Waals surface area contributed by atoms with Crippen LogP contribution in [0.4, 0.5) is 5.69 Å². The van der Waals surface area contributed by atoms with Gasteiger partial charge in [-0.15, -0.1) is 0 Å². The van der Waals surface area contributed by atoms with Crippen molar-refractivity contribution < 1.29 is 32.2 Å². The lowest BCUT2D eigenvalue weighted by atomic mass is 10.1. The van der Waals surface area contributed by atoms with E-state index in [1.54, 1.807) is 50.6 Å². The molecule has 1 amide bonds. The first-order valence-corrected chi connectivity index (χ1v) is 12.1. The first-order chi connectivity index (χ1) is 16.7. The number of carbonyl (C=O) groups excluding carboxylic acids is 1. The molecule has 0 bridgehead atoms. The minimum atomic E-state index is -3.80. The summed E-state index contributed by atoms with van der Waals surface area (Å²) in [4.78, 5) is 12.4. The average molecular weight is 501 g/mol. The number of amides is 1. The third-order valence-electron chi connectivity index (χ3n) is 5.11. The number of ether oxygens (including phenoxy) is 4. The zero-order valence-electron chi connectivity index (χ0n) is 19.9. The van der Waals surface area contributed by atoms with Gasteiger partial charge in [0.25, 0.3) is 15.9 Å². The second kappa shape index (κ2) is 11.5. The summed E-state index contributed by atoms with van der Waals surface area (Å²) in [6.07, 6.45) is 0. The summed E-state index contributed by atoms with van der Waals surface area (Å²) in [6.45, 7) is 1.61. The van der Waals surface area contributed by atoms with E-state index in [0.717, 1.165) is 5.56 Å². The number of hydrogen-bond donors (Lipinski definition) is 2. The van der Waals surface area contributed by atoms with E-state index in [-0.39, 0.29) is 23.5 Å². The summed E-state index contributed by atoms with van der Waals surface area (Å²) in [5.41, 5.74) is 1.22. The number of anilines is 1. The number of carbonyl (C=O) groups is 1. The zero-order valence-corrected chi connectivity index (χ0v) is 20.7. The van der Waals surface area contributed by atoms with Gasteiger partial charge in [-0.25, -0.2) is 8.42 Å². The van der Waals surface area contributed by atoms with Crippen LogP contribution in [0.3, 0.4) is 0 Å². The van der Waals surface area contributed by atoms with Crippen molar-refractivity contribution in [1.29, 1.82) is 0 Å². The van der Waals surface area contributed by atoms with Gasteiger partial charge in [0, 0.05) is 6.07 Å². The molecule has 0 heterocycles. The van der Waals surface area contributed by atoms with Gasteiger partial charge < -0.3 is 24.3 Å². The monoisotopic (exact) mass is 500 g/mol. The summed E-state index contributed by atoms with van der Waals surface area (Å²) in [5, 5.41) is 2.85. The standard InChI is InChI=1S/C25H28N2O7S/c1-17(18-8-13-23(32-3)24(14-18)33-4)26-25(28)16-34-20-9-11-22(12-10-20)35(29,30)27-19-6-5-7-21(15-19)31-2/h5-15,17,27H,16H2,1-4H3,(H,26,28)/t17-/m0/s1. The van der Waals surface area contributed by atoms with Crippen LogP contribution in [0.2, 0.25) is 0 Å². The topological polar surface area (TPSA) is 112 Å². The number of hydrogen-bond acceptors (Lipinski definition) is 7. The first kappa shape index (κ1) is 25.7. The Balaban J connectivity index is 1.56. The molecule has 1 atom stereocenters. The van der Waals surface area contributed by atoms with Gasteiger partial charge in [-0.2, -0.15) is 0 Å². The third kappa shape index (κ3) is 6.80. The Bertz CT molecular complexity index is 1260. The number of methoxy groups -OCH3 is 3. The van der Waals surface area contributed by atoms with Crippen molar-refractivity contribution in [3.8, 4) is 23.0 Å². The van der Waals surface area contributed by atoms with Gasteiger partial charge in [0.15, 0.2) is 18.1 Å². The molecule has 0 aliphatic heterocycles. The predicted molar refractivity (Wildman–Crippen MR) is 132 cm³/mol. The lowest BCUT2D eigenvalue weighted by Crippen LogP contribution is -2.31. The fraction of sp³-hybridized carbons (Fsp3) is 0.240.